The van der Waals surface area contributed by atoms with Crippen molar-refractivity contribution in [1.29, 1.82) is 0 Å². The van der Waals surface area contributed by atoms with E-state index in [-0.39, 0.29) is 5.56 Å². The number of aromatic carboxylic acids is 1. The van der Waals surface area contributed by atoms with Crippen LogP contribution in [0.1, 0.15) is 47.8 Å². The van der Waals surface area contributed by atoms with E-state index in [1.54, 1.807) is 30.5 Å². The Labute approximate surface area is 205 Å². The van der Waals surface area contributed by atoms with E-state index in [1.165, 1.54) is 6.42 Å². The number of anilines is 4. The molecule has 0 spiro atoms. The molecule has 4 rings (SSSR count). The summed E-state index contributed by atoms with van der Waals surface area (Å²) in [5.74, 6) is 0.157. The largest absolute Gasteiger partial charge is 0.478 e. The second-order valence-corrected chi connectivity index (χ2v) is 8.89. The van der Waals surface area contributed by atoms with Crippen molar-refractivity contribution in [2.24, 2.45) is 0 Å². The van der Waals surface area contributed by atoms with Crippen LogP contribution in [0.3, 0.4) is 0 Å². The van der Waals surface area contributed by atoms with E-state index in [4.69, 9.17) is 0 Å². The van der Waals surface area contributed by atoms with E-state index in [1.807, 2.05) is 19.1 Å². The summed E-state index contributed by atoms with van der Waals surface area (Å²) in [4.78, 5) is 26.1. The number of aromatic nitrogens is 3. The number of nitrogens with one attached hydrogen (secondary N) is 3. The van der Waals surface area contributed by atoms with Crippen LogP contribution in [0.5, 0.6) is 0 Å². The number of nitrogens with zero attached hydrogens (tertiary/aromatic N) is 3. The molecule has 4 aromatic rings. The summed E-state index contributed by atoms with van der Waals surface area (Å²) >= 11 is 0. The van der Waals surface area contributed by atoms with E-state index in [0.717, 1.165) is 52.9 Å². The Balaban J connectivity index is 1.52. The first-order valence-corrected chi connectivity index (χ1v) is 11.9. The fourth-order valence-electron chi connectivity index (χ4n) is 4.09. The Morgan fingerprint density at radius 3 is 2.74 bits per heavy atom. The highest BCUT2D eigenvalue weighted by Gasteiger charge is 2.12. The molecule has 8 nitrogen and oxygen atoms in total. The van der Waals surface area contributed by atoms with Crippen LogP contribution in [0.4, 0.5) is 23.1 Å². The average molecular weight is 473 g/mol. The maximum atomic E-state index is 11.6. The zero-order chi connectivity index (χ0) is 24.8. The molecule has 0 fully saturated rings. The number of hydrogen-bond donors (Lipinski definition) is 4. The molecule has 2 aromatic heterocycles. The molecule has 0 unspecified atom stereocenters. The van der Waals surface area contributed by atoms with Gasteiger partial charge in [0, 0.05) is 35.3 Å². The predicted molar refractivity (Wildman–Crippen MR) is 141 cm³/mol. The Morgan fingerprint density at radius 1 is 1.09 bits per heavy atom. The van der Waals surface area contributed by atoms with Crippen LogP contribution in [0.2, 0.25) is 0 Å². The van der Waals surface area contributed by atoms with Gasteiger partial charge in [0.05, 0.1) is 5.56 Å². The molecule has 0 aliphatic carbocycles. The lowest BCUT2D eigenvalue weighted by Gasteiger charge is -2.20. The SMILES string of the molecule is CCCCCN(C)Cc1cc(C(=O)O)ccc1Nc1ccnc(Nc2ccc3cc(C)[nH]c3c2)n1. The Hall–Kier alpha value is -3.91. The maximum Gasteiger partial charge on any atom is 0.335 e. The Bertz CT molecular complexity index is 1320. The second kappa shape index (κ2) is 11.0. The molecule has 0 saturated heterocycles. The molecule has 4 N–H and O–H groups in total. The molecule has 182 valence electrons. The zero-order valence-electron chi connectivity index (χ0n) is 20.4. The van der Waals surface area contributed by atoms with Crippen LogP contribution in [0.25, 0.3) is 10.9 Å². The van der Waals surface area contributed by atoms with Gasteiger partial charge in [-0.05, 0) is 80.4 Å². The van der Waals surface area contributed by atoms with Crippen molar-refractivity contribution in [3.63, 3.8) is 0 Å². The van der Waals surface area contributed by atoms with E-state index in [0.29, 0.717) is 18.3 Å². The minimum Gasteiger partial charge on any atom is -0.478 e. The lowest BCUT2D eigenvalue weighted by atomic mass is 10.1. The van der Waals surface area contributed by atoms with Crippen molar-refractivity contribution in [2.45, 2.75) is 39.7 Å². The molecule has 0 saturated carbocycles. The summed E-state index contributed by atoms with van der Waals surface area (Å²) in [6, 6.07) is 15.1. The molecule has 35 heavy (non-hydrogen) atoms. The highest BCUT2D eigenvalue weighted by Crippen LogP contribution is 2.25. The third-order valence-corrected chi connectivity index (χ3v) is 5.87. The lowest BCUT2D eigenvalue weighted by molar-refractivity contribution is 0.0696. The quantitative estimate of drug-likeness (QED) is 0.196. The van der Waals surface area contributed by atoms with Gasteiger partial charge in [-0.3, -0.25) is 0 Å². The van der Waals surface area contributed by atoms with E-state index in [2.05, 4.69) is 56.6 Å². The molecule has 0 atom stereocenters. The van der Waals surface area contributed by atoms with Crippen LogP contribution >= 0.6 is 0 Å². The first-order valence-electron chi connectivity index (χ1n) is 11.9. The highest BCUT2D eigenvalue weighted by molar-refractivity contribution is 5.89. The van der Waals surface area contributed by atoms with Gasteiger partial charge < -0.3 is 25.6 Å². The number of fused-ring (bicyclic) bond motifs is 1. The number of rotatable bonds is 11. The van der Waals surface area contributed by atoms with Gasteiger partial charge in [0.2, 0.25) is 5.95 Å². The monoisotopic (exact) mass is 472 g/mol. The van der Waals surface area contributed by atoms with Gasteiger partial charge in [-0.25, -0.2) is 9.78 Å². The topological polar surface area (TPSA) is 106 Å². The van der Waals surface area contributed by atoms with E-state index < -0.39 is 5.97 Å². The Kier molecular flexibility index (Phi) is 7.62. The van der Waals surface area contributed by atoms with Crippen LogP contribution in [-0.2, 0) is 6.54 Å². The van der Waals surface area contributed by atoms with E-state index in [9.17, 15) is 9.90 Å². The van der Waals surface area contributed by atoms with Crippen LogP contribution in [-0.4, -0.2) is 44.5 Å². The van der Waals surface area contributed by atoms with Gasteiger partial charge in [-0.2, -0.15) is 4.98 Å². The van der Waals surface area contributed by atoms with Crippen molar-refractivity contribution in [3.8, 4) is 0 Å². The van der Waals surface area contributed by atoms with Gasteiger partial charge >= 0.3 is 5.97 Å². The third-order valence-electron chi connectivity index (χ3n) is 5.87. The number of unbranched alkanes of at least 4 members (excludes halogenated alkanes) is 2. The van der Waals surface area contributed by atoms with Crippen LogP contribution in [0, 0.1) is 6.92 Å². The van der Waals surface area contributed by atoms with Crippen molar-refractivity contribution >= 4 is 40.0 Å². The molecule has 0 aliphatic heterocycles. The van der Waals surface area contributed by atoms with Gasteiger partial charge in [0.1, 0.15) is 5.82 Å². The molecular weight excluding hydrogens is 440 g/mol. The second-order valence-electron chi connectivity index (χ2n) is 8.89. The highest BCUT2D eigenvalue weighted by atomic mass is 16.4. The molecular formula is C27H32N6O2. The summed E-state index contributed by atoms with van der Waals surface area (Å²) in [6.07, 6.45) is 5.15. The number of benzene rings is 2. The molecule has 2 heterocycles. The first kappa shape index (κ1) is 24.2. The molecule has 0 aliphatic rings. The summed E-state index contributed by atoms with van der Waals surface area (Å²) < 4.78 is 0. The standard InChI is InChI=1S/C27H32N6O2/c1-4-5-6-13-33(3)17-21-15-20(26(34)35)8-10-23(21)31-25-11-12-28-27(32-25)30-22-9-7-19-14-18(2)29-24(19)16-22/h7-12,14-16,29H,4-6,13,17H2,1-3H3,(H,34,35)(H2,28,30,31,32). The third kappa shape index (κ3) is 6.36. The number of aromatic amines is 1. The number of carbonyl (C=O) groups is 1. The number of carboxylic acid groups (broad SMARTS) is 1. The summed E-state index contributed by atoms with van der Waals surface area (Å²) in [7, 11) is 2.06. The number of aryl methyl sites for hydroxylation is 1. The first-order chi connectivity index (χ1) is 16.9. The van der Waals surface area contributed by atoms with Gasteiger partial charge in [-0.15, -0.1) is 0 Å². The zero-order valence-corrected chi connectivity index (χ0v) is 20.4. The van der Waals surface area contributed by atoms with Crippen molar-refractivity contribution in [3.05, 3.63) is 71.5 Å². The summed E-state index contributed by atoms with van der Waals surface area (Å²) in [5, 5.41) is 17.2. The van der Waals surface area contributed by atoms with Gasteiger partial charge in [0.15, 0.2) is 0 Å². The fourth-order valence-corrected chi connectivity index (χ4v) is 4.09. The van der Waals surface area contributed by atoms with Crippen molar-refractivity contribution in [1.82, 2.24) is 19.9 Å². The van der Waals surface area contributed by atoms with Gasteiger partial charge in [-0.1, -0.05) is 25.8 Å². The maximum absolute atomic E-state index is 11.6. The predicted octanol–water partition coefficient (Wildman–Crippen LogP) is 6.07. The van der Waals surface area contributed by atoms with E-state index >= 15 is 0 Å². The molecule has 2 aromatic carbocycles. The van der Waals surface area contributed by atoms with Crippen LogP contribution in [0.15, 0.2) is 54.7 Å². The molecule has 0 amide bonds. The number of hydrogen-bond acceptors (Lipinski definition) is 6. The molecule has 0 bridgehead atoms. The minimum atomic E-state index is -0.936. The van der Waals surface area contributed by atoms with Crippen LogP contribution < -0.4 is 10.6 Å². The number of carboxylic acids is 1. The molecule has 0 radical (unpaired) electrons. The smallest absolute Gasteiger partial charge is 0.335 e. The molecule has 8 heteroatoms. The number of H-pyrrole nitrogens is 1. The normalized spacial score (nSPS) is 11.2. The lowest BCUT2D eigenvalue weighted by Crippen LogP contribution is -2.20. The van der Waals surface area contributed by atoms with Crippen molar-refractivity contribution < 1.29 is 9.90 Å². The minimum absolute atomic E-state index is 0.271. The fraction of sp³-hybridized carbons (Fsp3) is 0.296. The average Bonchev–Trinajstić information content (AvgIpc) is 3.20. The van der Waals surface area contributed by atoms with Crippen molar-refractivity contribution in [2.75, 3.05) is 24.2 Å². The Morgan fingerprint density at radius 2 is 1.94 bits per heavy atom. The summed E-state index contributed by atoms with van der Waals surface area (Å²) in [6.45, 7) is 5.81. The summed E-state index contributed by atoms with van der Waals surface area (Å²) in [5.41, 5.74) is 5.05. The van der Waals surface area contributed by atoms with Gasteiger partial charge in [0.25, 0.3) is 0 Å².